The summed E-state index contributed by atoms with van der Waals surface area (Å²) in [6.45, 7) is 18.5. The van der Waals surface area contributed by atoms with Crippen molar-refractivity contribution in [1.82, 2.24) is 62.1 Å². The van der Waals surface area contributed by atoms with E-state index in [-0.39, 0.29) is 100 Å². The average molecular weight is 1590 g/mol. The number of likely N-dealkylation sites (N-methyl/N-ethyl adjacent to an activating group) is 2. The van der Waals surface area contributed by atoms with Crippen molar-refractivity contribution in [1.29, 1.82) is 5.53 Å². The maximum absolute atomic E-state index is 15.1. The number of aliphatic carboxylic acids is 2. The summed E-state index contributed by atoms with van der Waals surface area (Å²) in [6.07, 6.45) is -5.69. The Morgan fingerprint density at radius 1 is 0.646 bits per heavy atom. The van der Waals surface area contributed by atoms with E-state index >= 15 is 4.79 Å². The summed E-state index contributed by atoms with van der Waals surface area (Å²) < 4.78 is 23.5. The lowest BCUT2D eigenvalue weighted by Gasteiger charge is -2.41. The van der Waals surface area contributed by atoms with E-state index in [0.717, 1.165) is 11.8 Å². The number of carboxylic acids is 2. The van der Waals surface area contributed by atoms with Crippen LogP contribution in [0.5, 0.6) is 0 Å². The summed E-state index contributed by atoms with van der Waals surface area (Å²) in [5.74, 6) is -12.6. The average Bonchev–Trinajstić information content (AvgIpc) is 1.79. The zero-order valence-corrected chi connectivity index (χ0v) is 67.6. The minimum Gasteiger partial charge on any atom is -0.481 e. The SMILES string of the molecule is CC[C@H](C)[C@@H](C(CC(=O)N1CCC[C@H]1[C@H](OC)[C@@H](C)C(=O)N[C@H](C)[C@@H](O)c1ccccc1)OC)N(C)C(=O)[C@@H](NC(=O)[C@H](C(C)C)N(C)C(=O)OC(C(=O)NCCOCCN=[N+]=N)c1ccc(NC(=O)[C@H](CCCNC(N)=O)NC(=O)[C@@H](NC(=O)[C@H](CCC(=O)O)NC(=O)[C@H](CCCC(=O)O)NC(C)=O)C(C)C)cc1)C(C)C. The molecule has 1 heterocycles. The molecule has 1 saturated heterocycles. The Morgan fingerprint density at radius 2 is 1.24 bits per heavy atom. The number of carboxylic acid groups (broad SMARTS) is 2. The molecule has 0 saturated carbocycles. The molecule has 2 unspecified atom stereocenters. The van der Waals surface area contributed by atoms with Crippen LogP contribution in [0.15, 0.2) is 59.7 Å². The molecule has 13 amide bonds. The van der Waals surface area contributed by atoms with Crippen molar-refractivity contribution in [2.75, 3.05) is 73.0 Å². The van der Waals surface area contributed by atoms with Gasteiger partial charge in [0.25, 0.3) is 5.91 Å². The highest BCUT2D eigenvalue weighted by molar-refractivity contribution is 6.00. The van der Waals surface area contributed by atoms with Gasteiger partial charge in [-0.2, -0.15) is 0 Å². The standard InChI is InChI=1S/C76H120N16O21/c1-16-45(8)63(56(110-14)41-57(94)92-38-22-27-55(92)65(111-15)46(9)67(100)82-47(10)64(99)49-23-18-17-19-24-49)90(12)74(107)61(43(4)5)88-72(105)62(44(6)7)91(13)76(109)113-66(73(106)79-36-39-112-40-37-81-89-78)50-29-31-51(32-30-50)84-68(101)53(26-21-35-80-75(77)108)86-71(104)60(42(2)3)87-70(103)54(33-34-59(97)98)85-69(102)52(83-48(11)93)25-20-28-58(95)96/h17-19,23-24,29-32,42-47,52-56,60-66,78,99H,16,20-22,25-28,33-41H2,1-15H3,(H12-,77,79,80,82,83,84,85,86,87,88,93,95,96,97,98,100,101,102,103,104,105,106,108)/p+1/t45-,46+,47+,52-,53-,54-,55-,56?,60-,61-,62-,63-,64+,65+,66?/m0/s1. The normalized spacial score (nSPS) is 16.3. The van der Waals surface area contributed by atoms with E-state index in [2.05, 4.69) is 57.9 Å². The van der Waals surface area contributed by atoms with Gasteiger partial charge in [-0.1, -0.05) is 111 Å². The van der Waals surface area contributed by atoms with Crippen LogP contribution in [0.2, 0.25) is 0 Å². The molecule has 0 radical (unpaired) electrons. The number of rotatable bonds is 50. The number of amides is 13. The molecule has 113 heavy (non-hydrogen) atoms. The maximum atomic E-state index is 15.1. The fourth-order valence-electron chi connectivity index (χ4n) is 13.3. The van der Waals surface area contributed by atoms with E-state index in [4.69, 9.17) is 35.3 Å². The lowest BCUT2D eigenvalue weighted by Crippen LogP contribution is -2.60. The van der Waals surface area contributed by atoms with Crippen LogP contribution in [0, 0.1) is 35.1 Å². The molecule has 0 spiro atoms. The van der Waals surface area contributed by atoms with Crippen molar-refractivity contribution in [3.63, 3.8) is 0 Å². The molecule has 15 atom stereocenters. The number of methoxy groups -OCH3 is 2. The third-order valence-corrected chi connectivity index (χ3v) is 19.7. The van der Waals surface area contributed by atoms with Crippen LogP contribution in [-0.4, -0.2) is 247 Å². The largest absolute Gasteiger partial charge is 0.481 e. The second kappa shape index (κ2) is 49.3. The fourth-order valence-corrected chi connectivity index (χ4v) is 13.3. The summed E-state index contributed by atoms with van der Waals surface area (Å²) in [6, 6.07) is 3.29. The van der Waals surface area contributed by atoms with E-state index < -0.39 is 187 Å². The van der Waals surface area contributed by atoms with Gasteiger partial charge in [-0.3, -0.25) is 62.4 Å². The molecular weight excluding hydrogens is 1470 g/mol. The van der Waals surface area contributed by atoms with Gasteiger partial charge < -0.3 is 97.7 Å². The molecule has 630 valence electrons. The van der Waals surface area contributed by atoms with Crippen LogP contribution in [0.1, 0.15) is 170 Å². The topological polar surface area (TPSA) is 531 Å². The fraction of sp³-hybridized carbons (Fsp3) is 0.658. The lowest BCUT2D eigenvalue weighted by atomic mass is 9.89. The molecule has 1 aliphatic rings. The number of aliphatic hydroxyl groups excluding tert-OH is 1. The van der Waals surface area contributed by atoms with Crippen molar-refractivity contribution in [3.05, 3.63) is 65.7 Å². The molecule has 37 heteroatoms. The van der Waals surface area contributed by atoms with E-state index in [1.807, 2.05) is 19.9 Å². The van der Waals surface area contributed by atoms with Crippen LogP contribution in [0.3, 0.4) is 0 Å². The van der Waals surface area contributed by atoms with E-state index in [9.17, 15) is 72.5 Å². The second-order valence-electron chi connectivity index (χ2n) is 29.3. The first-order valence-corrected chi connectivity index (χ1v) is 38.2. The van der Waals surface area contributed by atoms with Crippen molar-refractivity contribution < 1.29 is 101 Å². The number of hydrogen-bond donors (Lipinski definition) is 14. The van der Waals surface area contributed by atoms with E-state index in [1.165, 1.54) is 50.4 Å². The first kappa shape index (κ1) is 97.0. The van der Waals surface area contributed by atoms with Crippen LogP contribution in [0.25, 0.3) is 0 Å². The molecule has 0 bridgehead atoms. The number of benzene rings is 2. The van der Waals surface area contributed by atoms with Gasteiger partial charge in [-0.05, 0) is 93.2 Å². The Kier molecular flexibility index (Phi) is 42.3. The Hall–Kier alpha value is -10.2. The molecule has 15 N–H and O–H groups in total. The molecular formula is C76H121N16O21+. The predicted molar refractivity (Wildman–Crippen MR) is 412 cm³/mol. The van der Waals surface area contributed by atoms with Gasteiger partial charge in [0.05, 0.1) is 62.0 Å². The van der Waals surface area contributed by atoms with Crippen LogP contribution in [0.4, 0.5) is 15.3 Å². The smallest absolute Gasteiger partial charge is 0.411 e. The zero-order chi connectivity index (χ0) is 84.9. The first-order valence-electron chi connectivity index (χ1n) is 38.2. The molecule has 2 aromatic rings. The first-order chi connectivity index (χ1) is 53.3. The molecule has 1 fully saturated rings. The highest BCUT2D eigenvalue weighted by atomic mass is 16.6. The van der Waals surface area contributed by atoms with E-state index in [1.54, 1.807) is 91.6 Å². The Morgan fingerprint density at radius 3 is 1.81 bits per heavy atom. The number of nitrogens with one attached hydrogen (secondary N) is 10. The molecule has 0 aliphatic carbocycles. The van der Waals surface area contributed by atoms with Gasteiger partial charge in [0.15, 0.2) is 0 Å². The van der Waals surface area contributed by atoms with Gasteiger partial charge in [-0.15, -0.1) is 0 Å². The van der Waals surface area contributed by atoms with Crippen LogP contribution in [-0.2, 0) is 76.5 Å². The summed E-state index contributed by atoms with van der Waals surface area (Å²) in [7, 11) is 5.80. The minimum atomic E-state index is -1.75. The Bertz CT molecular complexity index is 3530. The van der Waals surface area contributed by atoms with Crippen LogP contribution < -0.4 is 58.5 Å². The Labute approximate surface area is 660 Å². The maximum Gasteiger partial charge on any atom is 0.411 e. The molecule has 37 nitrogen and oxygen atoms in total. The number of hydrogen-bond acceptors (Lipinski definition) is 21. The highest BCUT2D eigenvalue weighted by Gasteiger charge is 2.45. The molecule has 2 aromatic carbocycles. The van der Waals surface area contributed by atoms with Gasteiger partial charge in [0, 0.05) is 79.0 Å². The van der Waals surface area contributed by atoms with Crippen molar-refractivity contribution in [2.45, 2.75) is 226 Å². The quantitative estimate of drug-likeness (QED) is 0.0257. The Balaban J connectivity index is 1.94. The number of likely N-dealkylation sites (tertiary alicyclic amines) is 1. The lowest BCUT2D eigenvalue weighted by molar-refractivity contribution is -0.148. The molecule has 1 aliphatic heterocycles. The number of primary amides is 1. The zero-order valence-electron chi connectivity index (χ0n) is 67.6. The summed E-state index contributed by atoms with van der Waals surface area (Å²) in [5.41, 5.74) is 12.9. The molecule has 0 aromatic heterocycles. The van der Waals surface area contributed by atoms with Gasteiger partial charge in [0.1, 0.15) is 53.4 Å². The number of aliphatic hydroxyl groups is 1. The number of ether oxygens (including phenoxy) is 4. The number of carbonyl (C=O) groups is 14. The second-order valence-corrected chi connectivity index (χ2v) is 29.3. The van der Waals surface area contributed by atoms with E-state index in [0.29, 0.717) is 31.4 Å². The number of anilines is 1. The minimum absolute atomic E-state index is 0.0465. The number of carbonyl (C=O) groups excluding carboxylic acids is 12. The summed E-state index contributed by atoms with van der Waals surface area (Å²) in [5, 5.41) is 56.7. The third kappa shape index (κ3) is 31.7. The van der Waals surface area contributed by atoms with Crippen LogP contribution >= 0.6 is 0 Å². The predicted octanol–water partition coefficient (Wildman–Crippen LogP) is 2.93. The van der Waals surface area contributed by atoms with Crippen molar-refractivity contribution in [2.24, 2.45) is 40.4 Å². The summed E-state index contributed by atoms with van der Waals surface area (Å²) in [4.78, 5) is 197. The number of nitrogens with zero attached hydrogens (tertiary/aromatic N) is 5. The number of urea groups is 1. The third-order valence-electron chi connectivity index (χ3n) is 19.7. The van der Waals surface area contributed by atoms with Gasteiger partial charge in [0.2, 0.25) is 64.2 Å². The molecule has 3 rings (SSSR count). The number of nitrogens with two attached hydrogens (primary N) is 1. The monoisotopic (exact) mass is 1590 g/mol. The van der Waals surface area contributed by atoms with Gasteiger partial charge in [-0.25, -0.2) is 9.59 Å². The van der Waals surface area contributed by atoms with Crippen molar-refractivity contribution in [3.8, 4) is 0 Å². The van der Waals surface area contributed by atoms with Crippen molar-refractivity contribution >= 4 is 88.8 Å². The highest BCUT2D eigenvalue weighted by Crippen LogP contribution is 2.31. The van der Waals surface area contributed by atoms with Gasteiger partial charge >= 0.3 is 24.1 Å². The summed E-state index contributed by atoms with van der Waals surface area (Å²) >= 11 is 0.